The van der Waals surface area contributed by atoms with Gasteiger partial charge in [-0.25, -0.2) is 0 Å². The summed E-state index contributed by atoms with van der Waals surface area (Å²) in [7, 11) is -3.05. The molecule has 0 amide bonds. The summed E-state index contributed by atoms with van der Waals surface area (Å²) in [6.07, 6.45) is 13.9. The third kappa shape index (κ3) is 3.11. The first-order chi connectivity index (χ1) is 10.1. The normalized spacial score (nSPS) is 21.3. The minimum Gasteiger partial charge on any atom is -0.544 e. The van der Waals surface area contributed by atoms with Gasteiger partial charge >= 0.3 is 0 Å². The maximum absolute atomic E-state index is 6.46. The summed E-state index contributed by atoms with van der Waals surface area (Å²) in [6, 6.07) is 1.28. The molecule has 2 aliphatic rings. The van der Waals surface area contributed by atoms with Gasteiger partial charge in [-0.3, -0.25) is 0 Å². The topological polar surface area (TPSA) is 9.23 Å². The van der Waals surface area contributed by atoms with Crippen LogP contribution in [0.25, 0.3) is 0 Å². The van der Waals surface area contributed by atoms with Crippen LogP contribution in [0.3, 0.4) is 0 Å². The van der Waals surface area contributed by atoms with Gasteiger partial charge in [0.25, 0.3) is 0 Å². The van der Waals surface area contributed by atoms with Crippen molar-refractivity contribution in [3.63, 3.8) is 0 Å². The first-order valence-electron chi connectivity index (χ1n) is 8.59. The summed E-state index contributed by atoms with van der Waals surface area (Å²) in [5, 5.41) is 0.150. The van der Waals surface area contributed by atoms with Gasteiger partial charge in [0.05, 0.1) is 8.07 Å². The van der Waals surface area contributed by atoms with Crippen LogP contribution in [0.5, 0.6) is 0 Å². The van der Waals surface area contributed by atoms with Gasteiger partial charge in [0.15, 0.2) is 0 Å². The minimum atomic E-state index is -1.58. The summed E-state index contributed by atoms with van der Waals surface area (Å²) >= 11 is 0. The molecule has 122 valence electrons. The fourth-order valence-electron chi connectivity index (χ4n) is 3.46. The van der Waals surface area contributed by atoms with E-state index >= 15 is 0 Å². The van der Waals surface area contributed by atoms with Crippen molar-refractivity contribution in [3.05, 3.63) is 47.3 Å². The predicted molar refractivity (Wildman–Crippen MR) is 103 cm³/mol. The summed E-state index contributed by atoms with van der Waals surface area (Å²) in [5.41, 5.74) is 2.98. The molecule has 2 rings (SSSR count). The zero-order valence-corrected chi connectivity index (χ0v) is 17.4. The molecule has 0 fully saturated rings. The van der Waals surface area contributed by atoms with E-state index in [9.17, 15) is 0 Å². The monoisotopic (exact) mass is 332 g/mol. The van der Waals surface area contributed by atoms with Gasteiger partial charge in [-0.1, -0.05) is 57.3 Å². The van der Waals surface area contributed by atoms with Crippen LogP contribution in [-0.2, 0) is 4.43 Å². The highest BCUT2D eigenvalue weighted by Gasteiger charge is 2.48. The van der Waals surface area contributed by atoms with Gasteiger partial charge < -0.3 is 4.43 Å². The highest BCUT2D eigenvalue weighted by atomic mass is 28.4. The summed E-state index contributed by atoms with van der Waals surface area (Å²) in [5.74, 6) is 1.18. The molecule has 0 radical (unpaired) electrons. The van der Waals surface area contributed by atoms with Gasteiger partial charge in [-0.15, -0.1) is 0 Å². The van der Waals surface area contributed by atoms with Crippen molar-refractivity contribution in [2.75, 3.05) is 0 Å². The lowest BCUT2D eigenvalue weighted by atomic mass is 9.91. The molecule has 3 heteroatoms. The Bertz CT molecular complexity index is 558. The summed E-state index contributed by atoms with van der Waals surface area (Å²) in [6.45, 7) is 16.7. The quantitative estimate of drug-likeness (QED) is 0.509. The van der Waals surface area contributed by atoms with Crippen LogP contribution in [0.4, 0.5) is 0 Å². The van der Waals surface area contributed by atoms with E-state index in [1.54, 1.807) is 0 Å². The molecular weight excluding hydrogens is 300 g/mol. The minimum absolute atomic E-state index is 0.150. The Morgan fingerprint density at radius 2 is 1.73 bits per heavy atom. The molecule has 0 aliphatic heterocycles. The molecule has 0 aromatic heterocycles. The standard InChI is InChI=1S/C19H32OSi2/c1-8-22(6,7)19(2,16-12-9-10-13-16)17-14-11-15-18(17)20-21(3,4)5/h9,12-15H,8,10-11H2,1-7H3. The SMILES string of the molecule is CC[Si](C)(C)C(C)(C1=CCC=C1)C1=CCC=C1O[Si](C)(C)C. The molecule has 0 aromatic carbocycles. The van der Waals surface area contributed by atoms with E-state index in [0.717, 1.165) is 12.8 Å². The number of allylic oxidation sites excluding steroid dienone is 7. The lowest BCUT2D eigenvalue weighted by molar-refractivity contribution is 0.425. The molecule has 1 unspecified atom stereocenters. The van der Waals surface area contributed by atoms with E-state index in [4.69, 9.17) is 4.43 Å². The van der Waals surface area contributed by atoms with Crippen LogP contribution in [-0.4, -0.2) is 16.4 Å². The Morgan fingerprint density at radius 1 is 1.05 bits per heavy atom. The maximum atomic E-state index is 6.46. The van der Waals surface area contributed by atoms with E-state index in [1.807, 2.05) is 0 Å². The Labute approximate surface area is 139 Å². The molecular formula is C19H32OSi2. The van der Waals surface area contributed by atoms with Gasteiger partial charge in [-0.05, 0) is 49.7 Å². The van der Waals surface area contributed by atoms with Gasteiger partial charge in [0.1, 0.15) is 5.76 Å². The fourth-order valence-corrected chi connectivity index (χ4v) is 6.95. The van der Waals surface area contributed by atoms with Crippen molar-refractivity contribution in [3.8, 4) is 0 Å². The Morgan fingerprint density at radius 3 is 2.23 bits per heavy atom. The summed E-state index contributed by atoms with van der Waals surface area (Å²) in [4.78, 5) is 0. The van der Waals surface area contributed by atoms with Crippen molar-refractivity contribution < 1.29 is 4.43 Å². The van der Waals surface area contributed by atoms with Crippen molar-refractivity contribution in [2.45, 2.75) is 70.5 Å². The Hall–Kier alpha value is -0.806. The lowest BCUT2D eigenvalue weighted by Gasteiger charge is -2.46. The predicted octanol–water partition coefficient (Wildman–Crippen LogP) is 6.43. The van der Waals surface area contributed by atoms with Crippen LogP contribution in [0, 0.1) is 0 Å². The van der Waals surface area contributed by atoms with Crippen LogP contribution >= 0.6 is 0 Å². The first-order valence-corrected chi connectivity index (χ1v) is 15.2. The molecule has 1 nitrogen and oxygen atoms in total. The van der Waals surface area contributed by atoms with Crippen LogP contribution in [0.15, 0.2) is 47.3 Å². The molecule has 22 heavy (non-hydrogen) atoms. The van der Waals surface area contributed by atoms with Crippen molar-refractivity contribution in [1.29, 1.82) is 0 Å². The van der Waals surface area contributed by atoms with Gasteiger partial charge in [-0.2, -0.15) is 0 Å². The van der Waals surface area contributed by atoms with Crippen LogP contribution < -0.4 is 0 Å². The average molecular weight is 333 g/mol. The molecule has 0 bridgehead atoms. The van der Waals surface area contributed by atoms with Crippen molar-refractivity contribution >= 4 is 16.4 Å². The average Bonchev–Trinajstić information content (AvgIpc) is 3.06. The molecule has 0 aromatic rings. The van der Waals surface area contributed by atoms with E-state index in [2.05, 4.69) is 77.0 Å². The second-order valence-electron chi connectivity index (χ2n) is 8.30. The lowest BCUT2D eigenvalue weighted by Crippen LogP contribution is -2.43. The Kier molecular flexibility index (Phi) is 4.79. The molecule has 0 saturated carbocycles. The van der Waals surface area contributed by atoms with E-state index in [-0.39, 0.29) is 5.04 Å². The molecule has 2 aliphatic carbocycles. The second-order valence-corrected chi connectivity index (χ2v) is 18.2. The molecule has 0 N–H and O–H groups in total. The number of hydrogen-bond acceptors (Lipinski definition) is 1. The fraction of sp³-hybridized carbons (Fsp3) is 0.579. The second kappa shape index (κ2) is 6.01. The number of rotatable bonds is 6. The zero-order valence-electron chi connectivity index (χ0n) is 15.4. The maximum Gasteiger partial charge on any atom is 0.242 e. The zero-order chi connectivity index (χ0) is 16.6. The smallest absolute Gasteiger partial charge is 0.242 e. The van der Waals surface area contributed by atoms with Crippen LogP contribution in [0.2, 0.25) is 43.8 Å². The molecule has 1 atom stereocenters. The highest BCUT2D eigenvalue weighted by molar-refractivity contribution is 6.82. The molecule has 0 saturated heterocycles. The highest BCUT2D eigenvalue weighted by Crippen LogP contribution is 2.57. The largest absolute Gasteiger partial charge is 0.544 e. The van der Waals surface area contributed by atoms with E-state index in [1.165, 1.54) is 22.9 Å². The van der Waals surface area contributed by atoms with Crippen molar-refractivity contribution in [1.82, 2.24) is 0 Å². The first kappa shape index (κ1) is 17.5. The third-order valence-corrected chi connectivity index (χ3v) is 11.3. The third-order valence-electron chi connectivity index (χ3n) is 5.43. The van der Waals surface area contributed by atoms with Gasteiger partial charge in [0.2, 0.25) is 8.32 Å². The van der Waals surface area contributed by atoms with Crippen LogP contribution in [0.1, 0.15) is 26.7 Å². The van der Waals surface area contributed by atoms with E-state index in [0.29, 0.717) is 0 Å². The van der Waals surface area contributed by atoms with E-state index < -0.39 is 16.4 Å². The van der Waals surface area contributed by atoms with Crippen molar-refractivity contribution in [2.24, 2.45) is 0 Å². The molecule has 0 heterocycles. The molecule has 0 spiro atoms. The summed E-state index contributed by atoms with van der Waals surface area (Å²) < 4.78 is 6.46. The Balaban J connectivity index is 2.47. The number of hydrogen-bond donors (Lipinski definition) is 0. The van der Waals surface area contributed by atoms with Gasteiger partial charge in [0, 0.05) is 5.04 Å².